The Kier molecular flexibility index (Phi) is 3.76. The van der Waals surface area contributed by atoms with Crippen LogP contribution in [0.5, 0.6) is 0 Å². The average Bonchev–Trinajstić information content (AvgIpc) is 3.03. The molecule has 0 aromatic heterocycles. The van der Waals surface area contributed by atoms with Gasteiger partial charge < -0.3 is 9.64 Å². The molecule has 1 amide bonds. The maximum absolute atomic E-state index is 12.1. The highest BCUT2D eigenvalue weighted by Crippen LogP contribution is 2.27. The van der Waals surface area contributed by atoms with Gasteiger partial charge in [-0.15, -0.1) is 0 Å². The molecule has 2 aliphatic heterocycles. The van der Waals surface area contributed by atoms with Crippen molar-refractivity contribution in [1.29, 1.82) is 0 Å². The first-order valence-electron chi connectivity index (χ1n) is 7.37. The van der Waals surface area contributed by atoms with E-state index in [2.05, 4.69) is 37.4 Å². The molecule has 0 saturated carbocycles. The fraction of sp³-hybridized carbons (Fsp3) is 0.562. The molecule has 0 aliphatic carbocycles. The Balaban J connectivity index is 1.81. The van der Waals surface area contributed by atoms with Gasteiger partial charge in [0.25, 0.3) is 0 Å². The largest absolute Gasteiger partial charge is 0.376 e. The molecule has 108 valence electrons. The van der Waals surface area contributed by atoms with Gasteiger partial charge in [-0.1, -0.05) is 23.8 Å². The van der Waals surface area contributed by atoms with Gasteiger partial charge in [0.05, 0.1) is 12.6 Å². The number of carbonyl (C=O) groups is 1. The molecule has 3 rings (SSSR count). The zero-order valence-electron chi connectivity index (χ0n) is 12.2. The first kappa shape index (κ1) is 13.6. The number of rotatable bonds is 3. The van der Waals surface area contributed by atoms with Gasteiger partial charge in [-0.25, -0.2) is 0 Å². The summed E-state index contributed by atoms with van der Waals surface area (Å²) >= 11 is 0. The summed E-state index contributed by atoms with van der Waals surface area (Å²) in [4.78, 5) is 14.1. The molecule has 2 atom stereocenters. The van der Waals surface area contributed by atoms with Crippen molar-refractivity contribution in [1.82, 2.24) is 10.2 Å². The molecule has 20 heavy (non-hydrogen) atoms. The van der Waals surface area contributed by atoms with Crippen molar-refractivity contribution in [2.45, 2.75) is 39.0 Å². The second-order valence-corrected chi connectivity index (χ2v) is 5.82. The van der Waals surface area contributed by atoms with E-state index in [4.69, 9.17) is 4.74 Å². The molecular formula is C16H22N2O2. The number of nitrogens with one attached hydrogen (secondary N) is 1. The maximum atomic E-state index is 12.1. The van der Waals surface area contributed by atoms with E-state index < -0.39 is 0 Å². The fourth-order valence-electron chi connectivity index (χ4n) is 3.16. The number of ether oxygens (including phenoxy) is 1. The number of aryl methyl sites for hydroxylation is 2. The van der Waals surface area contributed by atoms with Crippen molar-refractivity contribution in [3.63, 3.8) is 0 Å². The lowest BCUT2D eigenvalue weighted by Crippen LogP contribution is -2.37. The molecule has 2 saturated heterocycles. The van der Waals surface area contributed by atoms with Gasteiger partial charge in [-0.2, -0.15) is 0 Å². The van der Waals surface area contributed by atoms with Gasteiger partial charge in [0.1, 0.15) is 6.17 Å². The minimum absolute atomic E-state index is 0.00713. The van der Waals surface area contributed by atoms with Crippen LogP contribution in [-0.2, 0) is 9.53 Å². The number of amides is 1. The zero-order valence-corrected chi connectivity index (χ0v) is 12.2. The van der Waals surface area contributed by atoms with E-state index in [-0.39, 0.29) is 18.2 Å². The minimum atomic E-state index is -0.00713. The number of hydrogen-bond acceptors (Lipinski definition) is 3. The summed E-state index contributed by atoms with van der Waals surface area (Å²) in [6.07, 6.45) is 2.36. The summed E-state index contributed by atoms with van der Waals surface area (Å²) in [5, 5.41) is 3.33. The second-order valence-electron chi connectivity index (χ2n) is 5.82. The highest BCUT2D eigenvalue weighted by Gasteiger charge is 2.34. The van der Waals surface area contributed by atoms with Crippen molar-refractivity contribution in [3.8, 4) is 0 Å². The molecule has 2 aliphatic rings. The third kappa shape index (κ3) is 2.58. The van der Waals surface area contributed by atoms with Gasteiger partial charge in [0.15, 0.2) is 0 Å². The van der Waals surface area contributed by atoms with Gasteiger partial charge in [0, 0.05) is 13.2 Å². The Bertz CT molecular complexity index is 509. The van der Waals surface area contributed by atoms with Crippen LogP contribution < -0.4 is 5.32 Å². The van der Waals surface area contributed by atoms with E-state index in [0.717, 1.165) is 19.4 Å². The molecule has 1 aromatic rings. The number of carbonyl (C=O) groups excluding carboxylic acids is 1. The van der Waals surface area contributed by atoms with Crippen LogP contribution >= 0.6 is 0 Å². The van der Waals surface area contributed by atoms with Gasteiger partial charge in [-0.3, -0.25) is 10.1 Å². The Hall–Kier alpha value is -1.39. The number of benzene rings is 1. The number of nitrogens with zero attached hydrogens (tertiary/aromatic N) is 1. The monoisotopic (exact) mass is 274 g/mol. The van der Waals surface area contributed by atoms with Crippen molar-refractivity contribution < 1.29 is 9.53 Å². The van der Waals surface area contributed by atoms with E-state index in [0.29, 0.717) is 13.1 Å². The molecule has 0 bridgehead atoms. The van der Waals surface area contributed by atoms with Gasteiger partial charge >= 0.3 is 0 Å². The predicted octanol–water partition coefficient (Wildman–Crippen LogP) is 1.91. The molecule has 4 nitrogen and oxygen atoms in total. The van der Waals surface area contributed by atoms with Crippen molar-refractivity contribution in [2.24, 2.45) is 0 Å². The van der Waals surface area contributed by atoms with Gasteiger partial charge in [-0.05, 0) is 37.8 Å². The molecule has 0 radical (unpaired) electrons. The maximum Gasteiger partial charge on any atom is 0.238 e. The summed E-state index contributed by atoms with van der Waals surface area (Å²) in [5.41, 5.74) is 3.68. The van der Waals surface area contributed by atoms with Crippen LogP contribution in [0.15, 0.2) is 18.2 Å². The molecule has 1 N–H and O–H groups in total. The highest BCUT2D eigenvalue weighted by molar-refractivity contribution is 5.81. The predicted molar refractivity (Wildman–Crippen MR) is 77.3 cm³/mol. The van der Waals surface area contributed by atoms with Crippen molar-refractivity contribution in [2.75, 3.05) is 19.7 Å². The second kappa shape index (κ2) is 5.54. The van der Waals surface area contributed by atoms with Crippen molar-refractivity contribution in [3.05, 3.63) is 34.9 Å². The molecule has 2 fully saturated rings. The smallest absolute Gasteiger partial charge is 0.238 e. The standard InChI is InChI=1S/C16H22N2O2/c1-11-5-6-14(12(2)8-11)16-17-9-15(19)18(16)10-13-4-3-7-20-13/h5-6,8,13,16-17H,3-4,7,9-10H2,1-2H3. The highest BCUT2D eigenvalue weighted by atomic mass is 16.5. The first-order chi connectivity index (χ1) is 9.65. The van der Waals surface area contributed by atoms with E-state index >= 15 is 0 Å². The third-order valence-electron chi connectivity index (χ3n) is 4.22. The van der Waals surface area contributed by atoms with E-state index in [1.165, 1.54) is 16.7 Å². The summed E-state index contributed by atoms with van der Waals surface area (Å²) in [6.45, 7) is 6.15. The normalized spacial score (nSPS) is 26.5. The number of hydrogen-bond donors (Lipinski definition) is 1. The lowest BCUT2D eigenvalue weighted by atomic mass is 10.0. The summed E-state index contributed by atoms with van der Waals surface area (Å²) in [7, 11) is 0. The first-order valence-corrected chi connectivity index (χ1v) is 7.37. The van der Waals surface area contributed by atoms with Crippen LogP contribution in [0.2, 0.25) is 0 Å². The van der Waals surface area contributed by atoms with E-state index in [1.54, 1.807) is 0 Å². The minimum Gasteiger partial charge on any atom is -0.376 e. The summed E-state index contributed by atoms with van der Waals surface area (Å²) < 4.78 is 5.68. The molecule has 2 heterocycles. The topological polar surface area (TPSA) is 41.6 Å². The van der Waals surface area contributed by atoms with Crippen molar-refractivity contribution >= 4 is 5.91 Å². The Labute approximate surface area is 120 Å². The molecular weight excluding hydrogens is 252 g/mol. The average molecular weight is 274 g/mol. The lowest BCUT2D eigenvalue weighted by Gasteiger charge is -2.28. The van der Waals surface area contributed by atoms with E-state index in [1.807, 2.05) is 4.90 Å². The van der Waals surface area contributed by atoms with Crippen LogP contribution in [0, 0.1) is 13.8 Å². The Morgan fingerprint density at radius 3 is 2.95 bits per heavy atom. The molecule has 1 aromatic carbocycles. The summed E-state index contributed by atoms with van der Waals surface area (Å²) in [6, 6.07) is 6.41. The van der Waals surface area contributed by atoms with Gasteiger partial charge in [0.2, 0.25) is 5.91 Å². The van der Waals surface area contributed by atoms with Crippen LogP contribution in [0.4, 0.5) is 0 Å². The lowest BCUT2D eigenvalue weighted by molar-refractivity contribution is -0.129. The van der Waals surface area contributed by atoms with Crippen LogP contribution in [0.1, 0.15) is 35.7 Å². The third-order valence-corrected chi connectivity index (χ3v) is 4.22. The van der Waals surface area contributed by atoms with Crippen LogP contribution in [0.3, 0.4) is 0 Å². The quantitative estimate of drug-likeness (QED) is 0.915. The summed E-state index contributed by atoms with van der Waals surface area (Å²) in [5.74, 6) is 0.172. The van der Waals surface area contributed by atoms with Crippen LogP contribution in [-0.4, -0.2) is 36.6 Å². The molecule has 4 heteroatoms. The van der Waals surface area contributed by atoms with E-state index in [9.17, 15) is 4.79 Å². The Morgan fingerprint density at radius 1 is 1.40 bits per heavy atom. The fourth-order valence-corrected chi connectivity index (χ4v) is 3.16. The SMILES string of the molecule is Cc1ccc(C2NCC(=O)N2CC2CCCO2)c(C)c1. The van der Waals surface area contributed by atoms with Crippen LogP contribution in [0.25, 0.3) is 0 Å². The molecule has 0 spiro atoms. The molecule has 2 unspecified atom stereocenters. The Morgan fingerprint density at radius 2 is 2.25 bits per heavy atom. The zero-order chi connectivity index (χ0) is 14.1.